The van der Waals surface area contributed by atoms with E-state index in [1.165, 1.54) is 16.9 Å². The van der Waals surface area contributed by atoms with Gasteiger partial charge in [-0.15, -0.1) is 10.2 Å². The van der Waals surface area contributed by atoms with Gasteiger partial charge in [-0.2, -0.15) is 0 Å². The molecule has 0 aliphatic heterocycles. The minimum absolute atomic E-state index is 0.228. The molecule has 2 rings (SSSR count). The summed E-state index contributed by atoms with van der Waals surface area (Å²) in [6, 6.07) is 5.89. The first-order chi connectivity index (χ1) is 9.10. The molecule has 1 amide bonds. The largest absolute Gasteiger partial charge is 0.360 e. The van der Waals surface area contributed by atoms with E-state index in [0.29, 0.717) is 10.1 Å². The van der Waals surface area contributed by atoms with Crippen LogP contribution in [0.25, 0.3) is 0 Å². The van der Waals surface area contributed by atoms with Crippen molar-refractivity contribution < 1.29 is 4.79 Å². The van der Waals surface area contributed by atoms with E-state index in [1.807, 2.05) is 39.0 Å². The lowest BCUT2D eigenvalue weighted by Crippen LogP contribution is -2.12. The summed E-state index contributed by atoms with van der Waals surface area (Å²) in [5, 5.41) is 14.7. The smallest absolute Gasteiger partial charge is 0.286 e. The molecule has 1 aromatic heterocycles. The Balaban J connectivity index is 2.11. The van der Waals surface area contributed by atoms with Crippen LogP contribution >= 0.6 is 11.3 Å². The van der Waals surface area contributed by atoms with Crippen LogP contribution < -0.4 is 10.6 Å². The maximum absolute atomic E-state index is 12.0. The highest BCUT2D eigenvalue weighted by Gasteiger charge is 2.13. The Labute approximate surface area is 116 Å². The van der Waals surface area contributed by atoms with Crippen LogP contribution in [0.15, 0.2) is 18.2 Å². The lowest BCUT2D eigenvalue weighted by Gasteiger charge is -2.07. The molecule has 6 heteroatoms. The summed E-state index contributed by atoms with van der Waals surface area (Å²) in [5.74, 6) is -0.228. The van der Waals surface area contributed by atoms with Crippen molar-refractivity contribution in [1.82, 2.24) is 10.2 Å². The number of nitrogens with one attached hydrogen (secondary N) is 2. The van der Waals surface area contributed by atoms with Crippen LogP contribution in [0.4, 0.5) is 10.8 Å². The molecule has 1 heterocycles. The second kappa shape index (κ2) is 5.79. The molecule has 0 saturated carbocycles. The van der Waals surface area contributed by atoms with Crippen LogP contribution in [0.5, 0.6) is 0 Å². The van der Waals surface area contributed by atoms with E-state index in [-0.39, 0.29) is 5.91 Å². The van der Waals surface area contributed by atoms with Crippen molar-refractivity contribution in [2.45, 2.75) is 20.8 Å². The van der Waals surface area contributed by atoms with Gasteiger partial charge in [0.25, 0.3) is 5.91 Å². The van der Waals surface area contributed by atoms with Gasteiger partial charge in [-0.25, -0.2) is 0 Å². The number of anilines is 2. The normalized spacial score (nSPS) is 10.3. The van der Waals surface area contributed by atoms with E-state index >= 15 is 0 Å². The summed E-state index contributed by atoms with van der Waals surface area (Å²) in [4.78, 5) is 12.0. The minimum Gasteiger partial charge on any atom is -0.360 e. The predicted molar refractivity (Wildman–Crippen MR) is 77.9 cm³/mol. The molecule has 1 aromatic carbocycles. The van der Waals surface area contributed by atoms with Crippen molar-refractivity contribution in [3.05, 3.63) is 34.3 Å². The zero-order valence-corrected chi connectivity index (χ0v) is 12.0. The van der Waals surface area contributed by atoms with Crippen LogP contribution in [0.1, 0.15) is 27.9 Å². The maximum atomic E-state index is 12.0. The zero-order chi connectivity index (χ0) is 13.8. The molecule has 0 atom stereocenters. The summed E-state index contributed by atoms with van der Waals surface area (Å²) in [5.41, 5.74) is 3.00. The fraction of sp³-hybridized carbons (Fsp3) is 0.308. The second-order valence-corrected chi connectivity index (χ2v) is 5.19. The van der Waals surface area contributed by atoms with Gasteiger partial charge >= 0.3 is 0 Å². The van der Waals surface area contributed by atoms with Crippen LogP contribution in [-0.2, 0) is 0 Å². The third kappa shape index (κ3) is 3.29. The zero-order valence-electron chi connectivity index (χ0n) is 11.2. The third-order valence-corrected chi connectivity index (χ3v) is 3.46. The van der Waals surface area contributed by atoms with Crippen molar-refractivity contribution >= 4 is 28.1 Å². The fourth-order valence-electron chi connectivity index (χ4n) is 1.67. The highest BCUT2D eigenvalue weighted by molar-refractivity contribution is 7.17. The van der Waals surface area contributed by atoms with Crippen LogP contribution in [0, 0.1) is 13.8 Å². The Morgan fingerprint density at radius 1 is 1.32 bits per heavy atom. The third-order valence-electron chi connectivity index (χ3n) is 2.58. The molecule has 100 valence electrons. The first-order valence-corrected chi connectivity index (χ1v) is 6.87. The van der Waals surface area contributed by atoms with Crippen LogP contribution in [-0.4, -0.2) is 22.6 Å². The first kappa shape index (κ1) is 13.5. The molecule has 0 unspecified atom stereocenters. The number of aryl methyl sites for hydroxylation is 2. The minimum atomic E-state index is -0.228. The molecule has 0 bridgehead atoms. The summed E-state index contributed by atoms with van der Waals surface area (Å²) >= 11 is 1.25. The van der Waals surface area contributed by atoms with Crippen molar-refractivity contribution in [2.75, 3.05) is 17.2 Å². The number of aromatic nitrogens is 2. The van der Waals surface area contributed by atoms with E-state index in [2.05, 4.69) is 20.8 Å². The molecule has 19 heavy (non-hydrogen) atoms. The van der Waals surface area contributed by atoms with Crippen molar-refractivity contribution in [2.24, 2.45) is 0 Å². The summed E-state index contributed by atoms with van der Waals surface area (Å²) in [7, 11) is 0. The van der Waals surface area contributed by atoms with Gasteiger partial charge in [-0.05, 0) is 32.4 Å². The molecule has 0 spiro atoms. The van der Waals surface area contributed by atoms with E-state index in [4.69, 9.17) is 0 Å². The van der Waals surface area contributed by atoms with Gasteiger partial charge in [-0.3, -0.25) is 4.79 Å². The number of hydrogen-bond donors (Lipinski definition) is 2. The topological polar surface area (TPSA) is 66.9 Å². The number of rotatable bonds is 4. The molecule has 0 radical (unpaired) electrons. The van der Waals surface area contributed by atoms with Crippen LogP contribution in [0.3, 0.4) is 0 Å². The second-order valence-electron chi connectivity index (χ2n) is 4.22. The Hall–Kier alpha value is -1.95. The van der Waals surface area contributed by atoms with Gasteiger partial charge in [-0.1, -0.05) is 29.0 Å². The predicted octanol–water partition coefficient (Wildman–Crippen LogP) is 2.84. The molecular formula is C13H16N4OS. The Morgan fingerprint density at radius 2 is 2.11 bits per heavy atom. The first-order valence-electron chi connectivity index (χ1n) is 6.06. The molecule has 0 saturated heterocycles. The fourth-order valence-corrected chi connectivity index (χ4v) is 2.37. The van der Waals surface area contributed by atoms with Gasteiger partial charge < -0.3 is 10.6 Å². The van der Waals surface area contributed by atoms with Crippen molar-refractivity contribution in [3.8, 4) is 0 Å². The molecule has 5 nitrogen and oxygen atoms in total. The average Bonchev–Trinajstić information content (AvgIpc) is 2.82. The van der Waals surface area contributed by atoms with Gasteiger partial charge in [0.05, 0.1) is 0 Å². The molecular weight excluding hydrogens is 260 g/mol. The quantitative estimate of drug-likeness (QED) is 0.901. The average molecular weight is 276 g/mol. The van der Waals surface area contributed by atoms with E-state index in [9.17, 15) is 4.79 Å². The Kier molecular flexibility index (Phi) is 4.11. The van der Waals surface area contributed by atoms with Gasteiger partial charge in [0.15, 0.2) is 0 Å². The number of carbonyl (C=O) groups is 1. The monoisotopic (exact) mass is 276 g/mol. The molecule has 0 aliphatic rings. The number of carbonyl (C=O) groups excluding carboxylic acids is 1. The maximum Gasteiger partial charge on any atom is 0.286 e. The lowest BCUT2D eigenvalue weighted by atomic mass is 10.1. The summed E-state index contributed by atoms with van der Waals surface area (Å²) < 4.78 is 0. The van der Waals surface area contributed by atoms with Crippen molar-refractivity contribution in [1.29, 1.82) is 0 Å². The highest BCUT2D eigenvalue weighted by Crippen LogP contribution is 2.19. The number of amides is 1. The number of nitrogens with zero attached hydrogens (tertiary/aromatic N) is 2. The Bertz CT molecular complexity index is 594. The van der Waals surface area contributed by atoms with Gasteiger partial charge in [0, 0.05) is 12.2 Å². The molecule has 0 aliphatic carbocycles. The SMILES string of the molecule is CCNc1nnc(C(=O)Nc2ccc(C)cc2C)s1. The summed E-state index contributed by atoms with van der Waals surface area (Å²) in [6.45, 7) is 6.71. The van der Waals surface area contributed by atoms with E-state index in [0.717, 1.165) is 17.8 Å². The number of hydrogen-bond acceptors (Lipinski definition) is 5. The Morgan fingerprint density at radius 3 is 2.79 bits per heavy atom. The lowest BCUT2D eigenvalue weighted by molar-refractivity contribution is 0.102. The van der Waals surface area contributed by atoms with E-state index < -0.39 is 0 Å². The van der Waals surface area contributed by atoms with Crippen LogP contribution in [0.2, 0.25) is 0 Å². The van der Waals surface area contributed by atoms with Gasteiger partial charge in [0.1, 0.15) is 0 Å². The highest BCUT2D eigenvalue weighted by atomic mass is 32.1. The summed E-state index contributed by atoms with van der Waals surface area (Å²) in [6.07, 6.45) is 0. The van der Waals surface area contributed by atoms with Gasteiger partial charge in [0.2, 0.25) is 10.1 Å². The molecule has 2 aromatic rings. The molecule has 2 N–H and O–H groups in total. The standard InChI is InChI=1S/C13H16N4OS/c1-4-14-13-17-16-12(19-13)11(18)15-10-6-5-8(2)7-9(10)3/h5-7H,4H2,1-3H3,(H,14,17)(H,15,18). The molecule has 0 fully saturated rings. The number of benzene rings is 1. The van der Waals surface area contributed by atoms with Crippen molar-refractivity contribution in [3.63, 3.8) is 0 Å². The van der Waals surface area contributed by atoms with E-state index in [1.54, 1.807) is 0 Å².